The van der Waals surface area contributed by atoms with Gasteiger partial charge in [-0.15, -0.1) is 0 Å². The van der Waals surface area contributed by atoms with Crippen LogP contribution in [-0.4, -0.2) is 37.1 Å². The van der Waals surface area contributed by atoms with Crippen molar-refractivity contribution in [2.75, 3.05) is 26.2 Å². The quantitative estimate of drug-likeness (QED) is 0.741. The van der Waals surface area contributed by atoms with Crippen LogP contribution in [0, 0.1) is 11.8 Å². The second-order valence-corrected chi connectivity index (χ2v) is 6.22. The first-order valence-corrected chi connectivity index (χ1v) is 7.36. The van der Waals surface area contributed by atoms with Crippen molar-refractivity contribution in [1.82, 2.24) is 10.2 Å². The number of hydrogen-bond donors (Lipinski definition) is 1. The summed E-state index contributed by atoms with van der Waals surface area (Å²) < 4.78 is 0. The molecule has 0 radical (unpaired) electrons. The highest BCUT2D eigenvalue weighted by molar-refractivity contribution is 4.84. The van der Waals surface area contributed by atoms with Crippen molar-refractivity contribution in [1.29, 1.82) is 0 Å². The van der Waals surface area contributed by atoms with E-state index in [0.717, 1.165) is 17.9 Å². The van der Waals surface area contributed by atoms with Gasteiger partial charge in [0.15, 0.2) is 0 Å². The van der Waals surface area contributed by atoms with E-state index in [0.29, 0.717) is 0 Å². The summed E-state index contributed by atoms with van der Waals surface area (Å²) >= 11 is 0. The molecule has 3 fully saturated rings. The van der Waals surface area contributed by atoms with Gasteiger partial charge in [-0.1, -0.05) is 12.8 Å². The third-order valence-electron chi connectivity index (χ3n) is 4.43. The second-order valence-electron chi connectivity index (χ2n) is 6.22. The van der Waals surface area contributed by atoms with Crippen LogP contribution in [0.5, 0.6) is 0 Å². The van der Waals surface area contributed by atoms with Gasteiger partial charge >= 0.3 is 0 Å². The second kappa shape index (κ2) is 5.05. The molecule has 0 aromatic heterocycles. The molecular formula is C14H26N2. The molecule has 1 saturated heterocycles. The molecule has 0 spiro atoms. The summed E-state index contributed by atoms with van der Waals surface area (Å²) in [6.07, 6.45) is 10.3. The van der Waals surface area contributed by atoms with E-state index in [1.54, 1.807) is 0 Å². The Morgan fingerprint density at radius 3 is 2.62 bits per heavy atom. The predicted molar refractivity (Wildman–Crippen MR) is 67.5 cm³/mol. The van der Waals surface area contributed by atoms with E-state index in [9.17, 15) is 0 Å². The molecule has 2 aliphatic carbocycles. The van der Waals surface area contributed by atoms with E-state index in [1.165, 1.54) is 71.1 Å². The lowest BCUT2D eigenvalue weighted by Crippen LogP contribution is -2.40. The van der Waals surface area contributed by atoms with Gasteiger partial charge < -0.3 is 10.2 Å². The average Bonchev–Trinajstić information content (AvgIpc) is 3.17. The van der Waals surface area contributed by atoms with E-state index >= 15 is 0 Å². The summed E-state index contributed by atoms with van der Waals surface area (Å²) in [7, 11) is 0. The highest BCUT2D eigenvalue weighted by atomic mass is 15.1. The van der Waals surface area contributed by atoms with Crippen LogP contribution in [0.3, 0.4) is 0 Å². The van der Waals surface area contributed by atoms with E-state index in [1.807, 2.05) is 0 Å². The van der Waals surface area contributed by atoms with Crippen molar-refractivity contribution in [2.24, 2.45) is 11.8 Å². The summed E-state index contributed by atoms with van der Waals surface area (Å²) in [5.41, 5.74) is 0. The van der Waals surface area contributed by atoms with Gasteiger partial charge in [0.2, 0.25) is 0 Å². The van der Waals surface area contributed by atoms with Gasteiger partial charge in [0, 0.05) is 12.6 Å². The van der Waals surface area contributed by atoms with Crippen LogP contribution in [0.4, 0.5) is 0 Å². The van der Waals surface area contributed by atoms with Crippen LogP contribution >= 0.6 is 0 Å². The fourth-order valence-corrected chi connectivity index (χ4v) is 2.91. The molecule has 3 aliphatic rings. The maximum Gasteiger partial charge on any atom is 0.00683 e. The first kappa shape index (κ1) is 11.0. The largest absolute Gasteiger partial charge is 0.314 e. The molecule has 3 rings (SSSR count). The van der Waals surface area contributed by atoms with Crippen molar-refractivity contribution < 1.29 is 0 Å². The Morgan fingerprint density at radius 1 is 1.00 bits per heavy atom. The first-order valence-electron chi connectivity index (χ1n) is 7.36. The van der Waals surface area contributed by atoms with Crippen molar-refractivity contribution in [3.05, 3.63) is 0 Å². The molecule has 92 valence electrons. The topological polar surface area (TPSA) is 15.3 Å². The summed E-state index contributed by atoms with van der Waals surface area (Å²) in [6.45, 7) is 5.40. The molecule has 2 heteroatoms. The normalized spacial score (nSPS) is 31.9. The molecule has 1 N–H and O–H groups in total. The molecule has 0 bridgehead atoms. The van der Waals surface area contributed by atoms with Crippen molar-refractivity contribution in [3.63, 3.8) is 0 Å². The highest BCUT2D eigenvalue weighted by Gasteiger charge is 2.26. The molecule has 1 atom stereocenters. The Bertz CT molecular complexity index is 199. The maximum atomic E-state index is 3.70. The number of nitrogens with one attached hydrogen (secondary N) is 1. The average molecular weight is 222 g/mol. The molecule has 0 aromatic rings. The molecule has 1 unspecified atom stereocenters. The Balaban J connectivity index is 1.34. The number of piperidine rings is 1. The van der Waals surface area contributed by atoms with Crippen molar-refractivity contribution in [3.8, 4) is 0 Å². The van der Waals surface area contributed by atoms with E-state index in [2.05, 4.69) is 10.2 Å². The molecule has 2 saturated carbocycles. The Hall–Kier alpha value is -0.0800. The third-order valence-corrected chi connectivity index (χ3v) is 4.43. The molecule has 0 amide bonds. The molecule has 16 heavy (non-hydrogen) atoms. The van der Waals surface area contributed by atoms with Gasteiger partial charge in [0.25, 0.3) is 0 Å². The zero-order valence-electron chi connectivity index (χ0n) is 10.5. The lowest BCUT2D eigenvalue weighted by Gasteiger charge is -2.33. The molecular weight excluding hydrogens is 196 g/mol. The van der Waals surface area contributed by atoms with E-state index in [-0.39, 0.29) is 0 Å². The minimum atomic E-state index is 0.891. The maximum absolute atomic E-state index is 3.70. The number of likely N-dealkylation sites (tertiary alicyclic amines) is 1. The van der Waals surface area contributed by atoms with E-state index < -0.39 is 0 Å². The van der Waals surface area contributed by atoms with Gasteiger partial charge in [-0.3, -0.25) is 0 Å². The standard InChI is InChI=1S/C14H26N2/c1-2-13(10-15-14-5-6-14)11-16(8-1)9-7-12-3-4-12/h12-15H,1-11H2. The monoisotopic (exact) mass is 222 g/mol. The van der Waals surface area contributed by atoms with Gasteiger partial charge in [0.1, 0.15) is 0 Å². The van der Waals surface area contributed by atoms with Crippen LogP contribution in [0.2, 0.25) is 0 Å². The minimum absolute atomic E-state index is 0.891. The Kier molecular flexibility index (Phi) is 3.49. The lowest BCUT2D eigenvalue weighted by atomic mass is 9.97. The molecule has 1 aliphatic heterocycles. The smallest absolute Gasteiger partial charge is 0.00683 e. The number of nitrogens with zero attached hydrogens (tertiary/aromatic N) is 1. The van der Waals surface area contributed by atoms with Gasteiger partial charge in [-0.2, -0.15) is 0 Å². The fraction of sp³-hybridized carbons (Fsp3) is 1.00. The summed E-state index contributed by atoms with van der Waals surface area (Å²) in [5, 5.41) is 3.70. The zero-order chi connectivity index (χ0) is 10.8. The SMILES string of the molecule is C1CC(CNC2CC2)CN(CCC2CC2)C1. The summed E-state index contributed by atoms with van der Waals surface area (Å²) in [5.74, 6) is 2.04. The summed E-state index contributed by atoms with van der Waals surface area (Å²) in [6, 6.07) is 0.891. The Labute approximate surface area is 99.8 Å². The fourth-order valence-electron chi connectivity index (χ4n) is 2.91. The van der Waals surface area contributed by atoms with Gasteiger partial charge in [-0.25, -0.2) is 0 Å². The van der Waals surface area contributed by atoms with Crippen molar-refractivity contribution >= 4 is 0 Å². The van der Waals surface area contributed by atoms with Crippen LogP contribution in [0.1, 0.15) is 44.9 Å². The minimum Gasteiger partial charge on any atom is -0.314 e. The lowest BCUT2D eigenvalue weighted by molar-refractivity contribution is 0.168. The van der Waals surface area contributed by atoms with Gasteiger partial charge in [0.05, 0.1) is 0 Å². The third kappa shape index (κ3) is 3.46. The summed E-state index contributed by atoms with van der Waals surface area (Å²) in [4.78, 5) is 2.72. The van der Waals surface area contributed by atoms with Crippen LogP contribution in [0.25, 0.3) is 0 Å². The predicted octanol–water partition coefficient (Wildman–Crippen LogP) is 2.25. The Morgan fingerprint density at radius 2 is 1.88 bits per heavy atom. The highest BCUT2D eigenvalue weighted by Crippen LogP contribution is 2.32. The number of hydrogen-bond acceptors (Lipinski definition) is 2. The van der Waals surface area contributed by atoms with E-state index in [4.69, 9.17) is 0 Å². The van der Waals surface area contributed by atoms with Crippen molar-refractivity contribution in [2.45, 2.75) is 51.0 Å². The molecule has 2 nitrogen and oxygen atoms in total. The van der Waals surface area contributed by atoms with Crippen LogP contribution < -0.4 is 5.32 Å². The van der Waals surface area contributed by atoms with Gasteiger partial charge in [-0.05, 0) is 63.6 Å². The molecule has 1 heterocycles. The number of rotatable bonds is 6. The van der Waals surface area contributed by atoms with Crippen LogP contribution in [0.15, 0.2) is 0 Å². The first-order chi connectivity index (χ1) is 7.90. The zero-order valence-corrected chi connectivity index (χ0v) is 10.5. The molecule has 0 aromatic carbocycles. The van der Waals surface area contributed by atoms with Crippen LogP contribution in [-0.2, 0) is 0 Å².